The van der Waals surface area contributed by atoms with Crippen LogP contribution in [0.25, 0.3) is 0 Å². The standard InChI is InChI=1S/C16H19ClN2O/c1-11(2)12-5-4-6-13(9-12)20-10-15-14(17)7-8-16(18-3)19-15/h4-9,11H,10H2,1-3H3,(H,18,19). The molecule has 0 aliphatic carbocycles. The predicted octanol–water partition coefficient (Wildman–Crippen LogP) is 4.48. The fourth-order valence-corrected chi connectivity index (χ4v) is 2.00. The quantitative estimate of drug-likeness (QED) is 0.881. The van der Waals surface area contributed by atoms with Crippen LogP contribution < -0.4 is 10.1 Å². The molecule has 0 spiro atoms. The first-order chi connectivity index (χ1) is 9.60. The van der Waals surface area contributed by atoms with Gasteiger partial charge in [0.05, 0.1) is 10.7 Å². The second kappa shape index (κ2) is 6.62. The largest absolute Gasteiger partial charge is 0.487 e. The molecule has 1 aromatic heterocycles. The van der Waals surface area contributed by atoms with Crippen LogP contribution >= 0.6 is 11.6 Å². The molecule has 0 saturated heterocycles. The van der Waals surface area contributed by atoms with Crippen LogP contribution in [0.4, 0.5) is 5.82 Å². The summed E-state index contributed by atoms with van der Waals surface area (Å²) in [5.74, 6) is 2.10. The topological polar surface area (TPSA) is 34.1 Å². The van der Waals surface area contributed by atoms with E-state index in [1.807, 2.05) is 31.3 Å². The van der Waals surface area contributed by atoms with Crippen LogP contribution in [0.3, 0.4) is 0 Å². The van der Waals surface area contributed by atoms with Crippen molar-refractivity contribution < 1.29 is 4.74 Å². The van der Waals surface area contributed by atoms with E-state index < -0.39 is 0 Å². The lowest BCUT2D eigenvalue weighted by Crippen LogP contribution is -2.02. The van der Waals surface area contributed by atoms with E-state index in [1.54, 1.807) is 0 Å². The van der Waals surface area contributed by atoms with Crippen molar-refractivity contribution in [3.8, 4) is 5.75 Å². The zero-order chi connectivity index (χ0) is 14.5. The third-order valence-electron chi connectivity index (χ3n) is 3.08. The normalized spacial score (nSPS) is 10.7. The van der Waals surface area contributed by atoms with Crippen molar-refractivity contribution in [2.75, 3.05) is 12.4 Å². The SMILES string of the molecule is CNc1ccc(Cl)c(COc2cccc(C(C)C)c2)n1. The zero-order valence-electron chi connectivity index (χ0n) is 12.0. The number of rotatable bonds is 5. The van der Waals surface area contributed by atoms with E-state index >= 15 is 0 Å². The first-order valence-corrected chi connectivity index (χ1v) is 7.04. The van der Waals surface area contributed by atoms with E-state index in [-0.39, 0.29) is 0 Å². The fourth-order valence-electron chi connectivity index (χ4n) is 1.84. The minimum Gasteiger partial charge on any atom is -0.487 e. The summed E-state index contributed by atoms with van der Waals surface area (Å²) in [6.45, 7) is 4.68. The summed E-state index contributed by atoms with van der Waals surface area (Å²) in [6.07, 6.45) is 0. The molecule has 0 saturated carbocycles. The molecule has 0 unspecified atom stereocenters. The Morgan fingerprint density at radius 1 is 1.25 bits per heavy atom. The summed E-state index contributed by atoms with van der Waals surface area (Å²) >= 11 is 6.13. The van der Waals surface area contributed by atoms with Gasteiger partial charge in [-0.25, -0.2) is 4.98 Å². The summed E-state index contributed by atoms with van der Waals surface area (Å²) in [5, 5.41) is 3.61. The van der Waals surface area contributed by atoms with Gasteiger partial charge in [0.15, 0.2) is 0 Å². The number of anilines is 1. The molecule has 106 valence electrons. The highest BCUT2D eigenvalue weighted by Crippen LogP contribution is 2.22. The maximum atomic E-state index is 6.13. The number of nitrogens with one attached hydrogen (secondary N) is 1. The van der Waals surface area contributed by atoms with E-state index in [9.17, 15) is 0 Å². The van der Waals surface area contributed by atoms with Crippen molar-refractivity contribution in [2.24, 2.45) is 0 Å². The lowest BCUT2D eigenvalue weighted by atomic mass is 10.0. The Balaban J connectivity index is 2.10. The molecule has 1 aromatic carbocycles. The number of halogens is 1. The minimum absolute atomic E-state index is 0.357. The van der Waals surface area contributed by atoms with Gasteiger partial charge in [0.1, 0.15) is 18.2 Å². The third-order valence-corrected chi connectivity index (χ3v) is 3.42. The molecule has 0 atom stereocenters. The Morgan fingerprint density at radius 2 is 2.05 bits per heavy atom. The maximum absolute atomic E-state index is 6.13. The number of hydrogen-bond acceptors (Lipinski definition) is 3. The average Bonchev–Trinajstić information content (AvgIpc) is 2.46. The molecule has 0 fully saturated rings. The average molecular weight is 291 g/mol. The highest BCUT2D eigenvalue weighted by molar-refractivity contribution is 6.31. The highest BCUT2D eigenvalue weighted by Gasteiger charge is 2.06. The van der Waals surface area contributed by atoms with Gasteiger partial charge in [-0.05, 0) is 35.7 Å². The number of pyridine rings is 1. The maximum Gasteiger partial charge on any atom is 0.132 e. The fraction of sp³-hybridized carbons (Fsp3) is 0.312. The van der Waals surface area contributed by atoms with Gasteiger partial charge in [-0.15, -0.1) is 0 Å². The van der Waals surface area contributed by atoms with E-state index in [0.29, 0.717) is 17.5 Å². The highest BCUT2D eigenvalue weighted by atomic mass is 35.5. The smallest absolute Gasteiger partial charge is 0.132 e. The lowest BCUT2D eigenvalue weighted by Gasteiger charge is -2.11. The molecular weight excluding hydrogens is 272 g/mol. The molecule has 0 aliphatic rings. The summed E-state index contributed by atoms with van der Waals surface area (Å²) in [4.78, 5) is 4.40. The summed E-state index contributed by atoms with van der Waals surface area (Å²) in [5.41, 5.74) is 1.99. The van der Waals surface area contributed by atoms with Crippen molar-refractivity contribution in [1.29, 1.82) is 0 Å². The van der Waals surface area contributed by atoms with Crippen molar-refractivity contribution in [1.82, 2.24) is 4.98 Å². The van der Waals surface area contributed by atoms with Crippen molar-refractivity contribution >= 4 is 17.4 Å². The summed E-state index contributed by atoms with van der Waals surface area (Å²) in [7, 11) is 1.83. The molecule has 0 aliphatic heterocycles. The van der Waals surface area contributed by atoms with E-state index in [1.165, 1.54) is 5.56 Å². The molecule has 3 nitrogen and oxygen atoms in total. The van der Waals surface area contributed by atoms with E-state index in [2.05, 4.69) is 36.3 Å². The molecule has 20 heavy (non-hydrogen) atoms. The molecule has 1 heterocycles. The number of hydrogen-bond donors (Lipinski definition) is 1. The van der Waals surface area contributed by atoms with E-state index in [4.69, 9.17) is 16.3 Å². The van der Waals surface area contributed by atoms with Gasteiger partial charge in [0, 0.05) is 7.05 Å². The summed E-state index contributed by atoms with van der Waals surface area (Å²) in [6, 6.07) is 11.8. The van der Waals surface area contributed by atoms with Crippen LogP contribution in [0.15, 0.2) is 36.4 Å². The van der Waals surface area contributed by atoms with Gasteiger partial charge in [-0.2, -0.15) is 0 Å². The van der Waals surface area contributed by atoms with Crippen LogP contribution in [-0.4, -0.2) is 12.0 Å². The Kier molecular flexibility index (Phi) is 4.85. The third kappa shape index (κ3) is 3.64. The van der Waals surface area contributed by atoms with Gasteiger partial charge < -0.3 is 10.1 Å². The second-order valence-corrected chi connectivity index (χ2v) is 5.30. The lowest BCUT2D eigenvalue weighted by molar-refractivity contribution is 0.301. The number of aromatic nitrogens is 1. The molecule has 4 heteroatoms. The molecule has 0 bridgehead atoms. The Labute approximate surface area is 124 Å². The van der Waals surface area contributed by atoms with Crippen molar-refractivity contribution in [3.63, 3.8) is 0 Å². The Morgan fingerprint density at radius 3 is 2.75 bits per heavy atom. The van der Waals surface area contributed by atoms with Crippen LogP contribution in [-0.2, 0) is 6.61 Å². The molecule has 2 aromatic rings. The Bertz CT molecular complexity index is 584. The molecule has 0 amide bonds. The molecule has 2 rings (SSSR count). The van der Waals surface area contributed by atoms with Crippen molar-refractivity contribution in [2.45, 2.75) is 26.4 Å². The van der Waals surface area contributed by atoms with E-state index in [0.717, 1.165) is 17.3 Å². The molecule has 1 N–H and O–H groups in total. The van der Waals surface area contributed by atoms with Gasteiger partial charge in [0.25, 0.3) is 0 Å². The van der Waals surface area contributed by atoms with Gasteiger partial charge in [0.2, 0.25) is 0 Å². The van der Waals surface area contributed by atoms with Crippen LogP contribution in [0.1, 0.15) is 31.0 Å². The number of ether oxygens (including phenoxy) is 1. The van der Waals surface area contributed by atoms with Crippen molar-refractivity contribution in [3.05, 3.63) is 52.7 Å². The minimum atomic E-state index is 0.357. The predicted molar refractivity (Wildman–Crippen MR) is 83.7 cm³/mol. The monoisotopic (exact) mass is 290 g/mol. The first kappa shape index (κ1) is 14.7. The molecule has 0 radical (unpaired) electrons. The Hall–Kier alpha value is -1.74. The van der Waals surface area contributed by atoms with Gasteiger partial charge >= 0.3 is 0 Å². The van der Waals surface area contributed by atoms with Crippen LogP contribution in [0.5, 0.6) is 5.75 Å². The number of benzene rings is 1. The summed E-state index contributed by atoms with van der Waals surface area (Å²) < 4.78 is 5.79. The number of nitrogens with zero attached hydrogens (tertiary/aromatic N) is 1. The van der Waals surface area contributed by atoms with Gasteiger partial charge in [-0.1, -0.05) is 37.6 Å². The van der Waals surface area contributed by atoms with Crippen LogP contribution in [0.2, 0.25) is 5.02 Å². The molecular formula is C16H19ClN2O. The second-order valence-electron chi connectivity index (χ2n) is 4.89. The van der Waals surface area contributed by atoms with Gasteiger partial charge in [-0.3, -0.25) is 0 Å². The van der Waals surface area contributed by atoms with Crippen LogP contribution in [0, 0.1) is 0 Å². The zero-order valence-corrected chi connectivity index (χ0v) is 12.7. The first-order valence-electron chi connectivity index (χ1n) is 6.66.